The molecule has 11 heteroatoms. The Morgan fingerprint density at radius 2 is 1.74 bits per heavy atom. The van der Waals surface area contributed by atoms with Crippen LogP contribution < -0.4 is 5.32 Å². The Morgan fingerprint density at radius 1 is 1.19 bits per heavy atom. The molecule has 1 heterocycles. The van der Waals surface area contributed by atoms with Gasteiger partial charge >= 0.3 is 22.4 Å². The summed E-state index contributed by atoms with van der Waals surface area (Å²) in [6, 6.07) is -1.92. The van der Waals surface area contributed by atoms with Gasteiger partial charge in [-0.1, -0.05) is 0 Å². The van der Waals surface area contributed by atoms with Gasteiger partial charge in [-0.05, 0) is 48.5 Å². The smallest absolute Gasteiger partial charge is 0.408 e. The van der Waals surface area contributed by atoms with Crippen molar-refractivity contribution in [2.45, 2.75) is 78.2 Å². The van der Waals surface area contributed by atoms with Crippen molar-refractivity contribution in [1.29, 1.82) is 0 Å². The Labute approximate surface area is 159 Å². The first-order chi connectivity index (χ1) is 12.1. The molecule has 27 heavy (non-hydrogen) atoms. The van der Waals surface area contributed by atoms with E-state index in [1.807, 2.05) is 0 Å². The minimum Gasteiger partial charge on any atom is -0.466 e. The average molecular weight is 408 g/mol. The first-order valence-corrected chi connectivity index (χ1v) is 9.90. The van der Waals surface area contributed by atoms with Crippen molar-refractivity contribution in [2.24, 2.45) is 0 Å². The Morgan fingerprint density at radius 3 is 2.19 bits per heavy atom. The van der Waals surface area contributed by atoms with Crippen LogP contribution in [0.4, 0.5) is 4.79 Å². The summed E-state index contributed by atoms with van der Waals surface area (Å²) in [5, 5.41) is 2.34. The lowest BCUT2D eigenvalue weighted by molar-refractivity contribution is -0.147. The molecule has 0 aromatic carbocycles. The average Bonchev–Trinajstić information content (AvgIpc) is 2.41. The fourth-order valence-corrected chi connectivity index (χ4v) is 4.01. The Balaban J connectivity index is 2.76. The SMILES string of the molecule is CCOC(=O)CC(C)(C)OS(=O)(=O)N1C(=O)C(NC(=O)OC(C)(C)C)C1C. The van der Waals surface area contributed by atoms with E-state index >= 15 is 0 Å². The molecule has 0 spiro atoms. The molecule has 0 aromatic rings. The van der Waals surface area contributed by atoms with Crippen molar-refractivity contribution in [3.63, 3.8) is 0 Å². The molecule has 0 aliphatic carbocycles. The van der Waals surface area contributed by atoms with Gasteiger partial charge in [-0.3, -0.25) is 9.59 Å². The summed E-state index contributed by atoms with van der Waals surface area (Å²) in [6.45, 7) is 11.0. The van der Waals surface area contributed by atoms with Crippen LogP contribution in [0.1, 0.15) is 54.9 Å². The number of rotatable bonds is 7. The van der Waals surface area contributed by atoms with Gasteiger partial charge in [-0.25, -0.2) is 13.3 Å². The molecule has 0 aromatic heterocycles. The molecular formula is C16H28N2O8S. The highest BCUT2D eigenvalue weighted by molar-refractivity contribution is 7.85. The summed E-state index contributed by atoms with van der Waals surface area (Å²) in [4.78, 5) is 35.6. The van der Waals surface area contributed by atoms with Crippen LogP contribution in [0.5, 0.6) is 0 Å². The standard InChI is InChI=1S/C16H28N2O8S/c1-8-24-11(19)9-16(6,7)26-27(22,23)18-10(2)12(13(18)20)17-14(21)25-15(3,4)5/h10,12H,8-9H2,1-7H3,(H,17,21). The van der Waals surface area contributed by atoms with Crippen LogP contribution in [-0.2, 0) is 33.6 Å². The van der Waals surface area contributed by atoms with Gasteiger partial charge in [0.15, 0.2) is 0 Å². The summed E-state index contributed by atoms with van der Waals surface area (Å²) in [5.74, 6) is -1.47. The zero-order valence-electron chi connectivity index (χ0n) is 16.7. The molecule has 1 saturated heterocycles. The molecule has 0 radical (unpaired) electrons. The lowest BCUT2D eigenvalue weighted by atomic mass is 10.0. The van der Waals surface area contributed by atoms with Crippen LogP contribution in [0.25, 0.3) is 0 Å². The van der Waals surface area contributed by atoms with Gasteiger partial charge < -0.3 is 14.8 Å². The maximum absolute atomic E-state index is 12.4. The third-order valence-corrected chi connectivity index (χ3v) is 5.11. The molecule has 2 amide bonds. The van der Waals surface area contributed by atoms with E-state index < -0.39 is 51.6 Å². The number of β-lactam (4-membered cyclic amide) rings is 1. The second-order valence-corrected chi connectivity index (χ2v) is 9.20. The first-order valence-electron chi connectivity index (χ1n) is 8.53. The number of carbonyl (C=O) groups excluding carboxylic acids is 3. The van der Waals surface area contributed by atoms with Gasteiger partial charge in [-0.15, -0.1) is 0 Å². The van der Waals surface area contributed by atoms with Crippen LogP contribution in [0, 0.1) is 0 Å². The van der Waals surface area contributed by atoms with Gasteiger partial charge in [-0.2, -0.15) is 8.42 Å². The topological polar surface area (TPSA) is 128 Å². The van der Waals surface area contributed by atoms with Gasteiger partial charge in [0.05, 0.1) is 24.7 Å². The van der Waals surface area contributed by atoms with Crippen LogP contribution in [0.15, 0.2) is 0 Å². The highest BCUT2D eigenvalue weighted by atomic mass is 32.2. The number of alkyl carbamates (subject to hydrolysis) is 1. The van der Waals surface area contributed by atoms with E-state index in [9.17, 15) is 22.8 Å². The Hall–Kier alpha value is -1.88. The summed E-state index contributed by atoms with van der Waals surface area (Å²) in [7, 11) is -4.46. The molecule has 1 N–H and O–H groups in total. The number of hydrogen-bond acceptors (Lipinski definition) is 8. The molecule has 0 saturated carbocycles. The quantitative estimate of drug-likeness (QED) is 0.490. The maximum atomic E-state index is 12.4. The number of amides is 2. The first kappa shape index (κ1) is 23.2. The van der Waals surface area contributed by atoms with E-state index in [2.05, 4.69) is 5.32 Å². The number of nitrogens with one attached hydrogen (secondary N) is 1. The second-order valence-electron chi connectivity index (χ2n) is 7.78. The molecule has 10 nitrogen and oxygen atoms in total. The van der Waals surface area contributed by atoms with E-state index in [4.69, 9.17) is 13.7 Å². The van der Waals surface area contributed by atoms with Crippen LogP contribution >= 0.6 is 0 Å². The molecule has 0 bridgehead atoms. The summed E-state index contributed by atoms with van der Waals surface area (Å²) < 4.78 is 40.3. The predicted octanol–water partition coefficient (Wildman–Crippen LogP) is 1.10. The second kappa shape index (κ2) is 8.01. The molecule has 2 unspecified atom stereocenters. The largest absolute Gasteiger partial charge is 0.466 e. The molecule has 1 rings (SSSR count). The van der Waals surface area contributed by atoms with Crippen LogP contribution in [0.2, 0.25) is 0 Å². The van der Waals surface area contributed by atoms with Gasteiger partial charge in [0.1, 0.15) is 11.6 Å². The highest BCUT2D eigenvalue weighted by Crippen LogP contribution is 2.29. The van der Waals surface area contributed by atoms with Crippen molar-refractivity contribution >= 4 is 28.3 Å². The Bertz CT molecular complexity index is 696. The van der Waals surface area contributed by atoms with E-state index in [0.717, 1.165) is 0 Å². The van der Waals surface area contributed by atoms with Crippen molar-refractivity contribution in [2.75, 3.05) is 6.61 Å². The minimum atomic E-state index is -4.46. The van der Waals surface area contributed by atoms with Crippen molar-refractivity contribution in [3.8, 4) is 0 Å². The van der Waals surface area contributed by atoms with Gasteiger partial charge in [0.25, 0.3) is 5.91 Å². The lowest BCUT2D eigenvalue weighted by Gasteiger charge is -2.44. The molecule has 1 aliphatic heterocycles. The van der Waals surface area contributed by atoms with E-state index in [0.29, 0.717) is 4.31 Å². The van der Waals surface area contributed by atoms with E-state index in [1.54, 1.807) is 27.7 Å². The van der Waals surface area contributed by atoms with E-state index in [1.165, 1.54) is 20.8 Å². The number of esters is 1. The fourth-order valence-electron chi connectivity index (χ4n) is 2.44. The van der Waals surface area contributed by atoms with Crippen LogP contribution in [0.3, 0.4) is 0 Å². The van der Waals surface area contributed by atoms with Crippen molar-refractivity contribution < 1.29 is 36.5 Å². The molecule has 156 valence electrons. The number of nitrogens with zero attached hydrogens (tertiary/aromatic N) is 1. The number of hydrogen-bond donors (Lipinski definition) is 1. The minimum absolute atomic E-state index is 0.154. The monoisotopic (exact) mass is 408 g/mol. The zero-order chi connectivity index (χ0) is 21.2. The summed E-state index contributed by atoms with van der Waals surface area (Å²) in [6.07, 6.45) is -1.14. The lowest BCUT2D eigenvalue weighted by Crippen LogP contribution is -2.71. The molecular weight excluding hydrogens is 380 g/mol. The highest BCUT2D eigenvalue weighted by Gasteiger charge is 2.53. The molecule has 1 aliphatic rings. The third-order valence-electron chi connectivity index (χ3n) is 3.45. The number of carbonyl (C=O) groups is 3. The third kappa shape index (κ3) is 6.35. The van der Waals surface area contributed by atoms with Crippen molar-refractivity contribution in [1.82, 2.24) is 9.62 Å². The summed E-state index contributed by atoms with van der Waals surface area (Å²) >= 11 is 0. The fraction of sp³-hybridized carbons (Fsp3) is 0.812. The van der Waals surface area contributed by atoms with Gasteiger partial charge in [0.2, 0.25) is 0 Å². The van der Waals surface area contributed by atoms with E-state index in [-0.39, 0.29) is 13.0 Å². The predicted molar refractivity (Wildman–Crippen MR) is 94.8 cm³/mol. The van der Waals surface area contributed by atoms with Crippen LogP contribution in [-0.4, -0.2) is 60.6 Å². The number of ether oxygens (including phenoxy) is 2. The summed E-state index contributed by atoms with van der Waals surface area (Å²) in [5.41, 5.74) is -2.17. The molecule has 2 atom stereocenters. The molecule has 1 fully saturated rings. The zero-order valence-corrected chi connectivity index (χ0v) is 17.5. The normalized spacial score (nSPS) is 20.7. The van der Waals surface area contributed by atoms with Gasteiger partial charge in [0, 0.05) is 0 Å². The van der Waals surface area contributed by atoms with Crippen molar-refractivity contribution in [3.05, 3.63) is 0 Å². The maximum Gasteiger partial charge on any atom is 0.408 e. The Kier molecular flexibility index (Phi) is 6.87.